The fourth-order valence-corrected chi connectivity index (χ4v) is 5.39. The lowest BCUT2D eigenvalue weighted by atomic mass is 9.68. The lowest BCUT2D eigenvalue weighted by Crippen LogP contribution is -2.55. The van der Waals surface area contributed by atoms with Crippen molar-refractivity contribution in [3.8, 4) is 0 Å². The molecule has 0 aromatic heterocycles. The van der Waals surface area contributed by atoms with Gasteiger partial charge in [0.05, 0.1) is 5.54 Å². The monoisotopic (exact) mass is 398 g/mol. The second-order valence-corrected chi connectivity index (χ2v) is 9.38. The van der Waals surface area contributed by atoms with Gasteiger partial charge in [-0.15, -0.1) is 0 Å². The summed E-state index contributed by atoms with van der Waals surface area (Å²) >= 11 is 0. The number of nitrogens with one attached hydrogen (secondary N) is 1. The number of urea groups is 1. The number of carbonyl (C=O) groups excluding carboxylic acids is 2. The Balaban J connectivity index is 1.58. The summed E-state index contributed by atoms with van der Waals surface area (Å²) in [5.74, 6) is 0.551. The minimum absolute atomic E-state index is 0.00895. The van der Waals surface area contributed by atoms with Crippen LogP contribution in [-0.4, -0.2) is 73.0 Å². The van der Waals surface area contributed by atoms with E-state index in [2.05, 4.69) is 59.5 Å². The van der Waals surface area contributed by atoms with Gasteiger partial charge in [-0.3, -0.25) is 9.69 Å². The third-order valence-corrected chi connectivity index (χ3v) is 7.49. The molecule has 1 aliphatic heterocycles. The van der Waals surface area contributed by atoms with Gasteiger partial charge in [-0.2, -0.15) is 0 Å². The van der Waals surface area contributed by atoms with Crippen LogP contribution in [0.5, 0.6) is 0 Å². The van der Waals surface area contributed by atoms with Gasteiger partial charge in [0.2, 0.25) is 5.91 Å². The predicted octanol–water partition coefficient (Wildman–Crippen LogP) is 2.65. The number of nitrogens with zero attached hydrogens (tertiary/aromatic N) is 3. The van der Waals surface area contributed by atoms with E-state index < -0.39 is 0 Å². The summed E-state index contributed by atoms with van der Waals surface area (Å²) in [6.07, 6.45) is 6.44. The van der Waals surface area contributed by atoms with E-state index in [4.69, 9.17) is 0 Å². The molecule has 0 bridgehead atoms. The molecule has 29 heavy (non-hydrogen) atoms. The van der Waals surface area contributed by atoms with Gasteiger partial charge < -0.3 is 15.1 Å². The maximum absolute atomic E-state index is 13.2. The molecule has 6 heteroatoms. The molecule has 0 atom stereocenters. The van der Waals surface area contributed by atoms with Crippen LogP contribution in [-0.2, 0) is 10.3 Å². The van der Waals surface area contributed by atoms with Gasteiger partial charge in [0, 0.05) is 25.7 Å². The minimum Gasteiger partial charge on any atom is -0.358 e. The van der Waals surface area contributed by atoms with Crippen molar-refractivity contribution in [3.63, 3.8) is 0 Å². The summed E-state index contributed by atoms with van der Waals surface area (Å²) < 4.78 is 0. The SMILES string of the molecule is CNC(=O)CN1C[C@]2(CC[C@@](c3ccccc3)(N(C)C)CC2)N(CC2CC2)C1=O. The molecule has 2 saturated carbocycles. The van der Waals surface area contributed by atoms with Gasteiger partial charge in [0.1, 0.15) is 6.54 Å². The molecule has 6 nitrogen and oxygen atoms in total. The maximum atomic E-state index is 13.2. The first-order chi connectivity index (χ1) is 13.9. The van der Waals surface area contributed by atoms with E-state index in [9.17, 15) is 9.59 Å². The number of rotatable bonds is 6. The number of hydrogen-bond donors (Lipinski definition) is 1. The summed E-state index contributed by atoms with van der Waals surface area (Å²) in [6, 6.07) is 10.8. The fraction of sp³-hybridized carbons (Fsp3) is 0.652. The average molecular weight is 399 g/mol. The third kappa shape index (κ3) is 3.63. The molecule has 1 N–H and O–H groups in total. The van der Waals surface area contributed by atoms with Gasteiger partial charge in [-0.1, -0.05) is 30.3 Å². The maximum Gasteiger partial charge on any atom is 0.321 e. The van der Waals surface area contributed by atoms with Crippen molar-refractivity contribution < 1.29 is 9.59 Å². The first kappa shape index (κ1) is 20.2. The third-order valence-electron chi connectivity index (χ3n) is 7.49. The van der Waals surface area contributed by atoms with E-state index in [1.54, 1.807) is 11.9 Å². The summed E-state index contributed by atoms with van der Waals surface area (Å²) in [5.41, 5.74) is 1.23. The second-order valence-electron chi connectivity index (χ2n) is 9.38. The number of carbonyl (C=O) groups is 2. The van der Waals surface area contributed by atoms with Crippen LogP contribution in [0.1, 0.15) is 44.1 Å². The molecule has 1 aromatic carbocycles. The van der Waals surface area contributed by atoms with Crippen LogP contribution in [0.2, 0.25) is 0 Å². The Morgan fingerprint density at radius 2 is 1.79 bits per heavy atom. The number of likely N-dealkylation sites (N-methyl/N-ethyl adjacent to an activating group) is 1. The zero-order valence-electron chi connectivity index (χ0n) is 18.0. The van der Waals surface area contributed by atoms with E-state index in [0.29, 0.717) is 12.5 Å². The molecule has 1 aromatic rings. The van der Waals surface area contributed by atoms with Crippen molar-refractivity contribution >= 4 is 11.9 Å². The van der Waals surface area contributed by atoms with Crippen LogP contribution in [0.25, 0.3) is 0 Å². The smallest absolute Gasteiger partial charge is 0.321 e. The Morgan fingerprint density at radius 3 is 2.34 bits per heavy atom. The molecule has 0 radical (unpaired) electrons. The Hall–Kier alpha value is -2.08. The van der Waals surface area contributed by atoms with Gasteiger partial charge in [-0.05, 0) is 64.1 Å². The number of benzene rings is 1. The molecule has 0 unspecified atom stereocenters. The molecule has 1 saturated heterocycles. The molecule has 1 heterocycles. The van der Waals surface area contributed by atoms with E-state index in [-0.39, 0.29) is 29.6 Å². The predicted molar refractivity (Wildman–Crippen MR) is 113 cm³/mol. The molecule has 1 spiro atoms. The van der Waals surface area contributed by atoms with E-state index in [1.165, 1.54) is 18.4 Å². The molecule has 2 aliphatic carbocycles. The van der Waals surface area contributed by atoms with Crippen LogP contribution in [0.3, 0.4) is 0 Å². The summed E-state index contributed by atoms with van der Waals surface area (Å²) in [6.45, 7) is 1.68. The standard InChI is InChI=1S/C23H34N4O2/c1-24-20(28)16-26-17-22(27(21(26)29)15-18-9-10-18)11-13-23(14-12-22,25(2)3)19-7-5-4-6-8-19/h4-8,18H,9-17H2,1-3H3,(H,24,28)/t22-,23-. The zero-order chi connectivity index (χ0) is 20.6. The topological polar surface area (TPSA) is 55.9 Å². The number of hydrogen-bond acceptors (Lipinski definition) is 3. The lowest BCUT2D eigenvalue weighted by Gasteiger charge is -2.51. The molecular weight excluding hydrogens is 364 g/mol. The van der Waals surface area contributed by atoms with Crippen molar-refractivity contribution in [1.29, 1.82) is 0 Å². The molecule has 3 aliphatic rings. The molecular formula is C23H34N4O2. The molecule has 4 rings (SSSR count). The second kappa shape index (κ2) is 7.63. The first-order valence-corrected chi connectivity index (χ1v) is 10.9. The largest absolute Gasteiger partial charge is 0.358 e. The highest BCUT2D eigenvalue weighted by molar-refractivity contribution is 5.85. The van der Waals surface area contributed by atoms with E-state index >= 15 is 0 Å². The molecule has 3 amide bonds. The summed E-state index contributed by atoms with van der Waals surface area (Å²) in [4.78, 5) is 31.5. The molecule has 3 fully saturated rings. The van der Waals surface area contributed by atoms with Gasteiger partial charge in [0.25, 0.3) is 0 Å². The highest BCUT2D eigenvalue weighted by atomic mass is 16.2. The summed E-state index contributed by atoms with van der Waals surface area (Å²) in [7, 11) is 5.97. The Morgan fingerprint density at radius 1 is 1.14 bits per heavy atom. The van der Waals surface area contributed by atoms with Crippen molar-refractivity contribution in [2.24, 2.45) is 5.92 Å². The van der Waals surface area contributed by atoms with Crippen LogP contribution >= 0.6 is 0 Å². The summed E-state index contributed by atoms with van der Waals surface area (Å²) in [5, 5.41) is 2.66. The van der Waals surface area contributed by atoms with Crippen molar-refractivity contribution in [3.05, 3.63) is 35.9 Å². The highest BCUT2D eigenvalue weighted by Gasteiger charge is 2.55. The van der Waals surface area contributed by atoms with Gasteiger partial charge >= 0.3 is 6.03 Å². The van der Waals surface area contributed by atoms with Crippen LogP contribution in [0, 0.1) is 5.92 Å². The van der Waals surface area contributed by atoms with Crippen molar-refractivity contribution in [2.45, 2.75) is 49.6 Å². The van der Waals surface area contributed by atoms with Gasteiger partial charge in [0.15, 0.2) is 0 Å². The van der Waals surface area contributed by atoms with Crippen LogP contribution < -0.4 is 5.32 Å². The van der Waals surface area contributed by atoms with Gasteiger partial charge in [-0.25, -0.2) is 4.79 Å². The normalized spacial score (nSPS) is 29.7. The quantitative estimate of drug-likeness (QED) is 0.802. The minimum atomic E-state index is -0.137. The van der Waals surface area contributed by atoms with Crippen molar-refractivity contribution in [1.82, 2.24) is 20.0 Å². The zero-order valence-corrected chi connectivity index (χ0v) is 18.0. The Bertz CT molecular complexity index is 751. The van der Waals surface area contributed by atoms with E-state index in [1.807, 2.05) is 0 Å². The van der Waals surface area contributed by atoms with Crippen LogP contribution in [0.15, 0.2) is 30.3 Å². The van der Waals surface area contributed by atoms with E-state index in [0.717, 1.165) is 32.2 Å². The van der Waals surface area contributed by atoms with Crippen molar-refractivity contribution in [2.75, 3.05) is 40.8 Å². The Labute approximate surface area is 174 Å². The fourth-order valence-electron chi connectivity index (χ4n) is 5.39. The highest BCUT2D eigenvalue weighted by Crippen LogP contribution is 2.49. The van der Waals surface area contributed by atoms with Crippen LogP contribution in [0.4, 0.5) is 4.79 Å². The lowest BCUT2D eigenvalue weighted by molar-refractivity contribution is -0.121. The first-order valence-electron chi connectivity index (χ1n) is 10.9. The average Bonchev–Trinajstić information content (AvgIpc) is 3.52. The molecule has 158 valence electrons. The Kier molecular flexibility index (Phi) is 5.32. The number of amides is 3.